The monoisotopic (exact) mass is 387 g/mol. The highest BCUT2D eigenvalue weighted by Crippen LogP contribution is 2.32. The summed E-state index contributed by atoms with van der Waals surface area (Å²) in [5, 5.41) is 8.03. The van der Waals surface area contributed by atoms with Crippen molar-refractivity contribution in [3.05, 3.63) is 70.9 Å². The lowest BCUT2D eigenvalue weighted by Crippen LogP contribution is -2.11. The Morgan fingerprint density at radius 3 is 2.76 bits per heavy atom. The average Bonchev–Trinajstić information content (AvgIpc) is 3.39. The third kappa shape index (κ3) is 3.09. The van der Waals surface area contributed by atoms with Gasteiger partial charge in [-0.05, 0) is 17.7 Å². The Morgan fingerprint density at radius 2 is 1.93 bits per heavy atom. The number of carbonyl (C=O) groups excluding carboxylic acids is 1. The molecule has 2 aromatic heterocycles. The number of nitrogens with two attached hydrogens (primary N) is 1. The minimum Gasteiger partial charge on any atom is -0.370 e. The second kappa shape index (κ2) is 6.99. The van der Waals surface area contributed by atoms with Gasteiger partial charge in [0, 0.05) is 12.1 Å². The van der Waals surface area contributed by atoms with Crippen LogP contribution in [0.1, 0.15) is 27.2 Å². The standard InChI is InChI=1S/C21H17N5O3/c22-19(27)14-8-4-7-13-17(14)26-29-18(13)21-24-16-11-28-10-15(16)20(25-21)23-9-12-5-2-1-3-6-12/h1-8H,9-11H2,(H2,22,27)(H,23,24,25). The van der Waals surface area contributed by atoms with Crippen molar-refractivity contribution in [3.8, 4) is 11.6 Å². The molecule has 4 aromatic rings. The smallest absolute Gasteiger partial charge is 0.251 e. The number of nitrogens with zero attached hydrogens (tertiary/aromatic N) is 3. The van der Waals surface area contributed by atoms with Gasteiger partial charge >= 0.3 is 0 Å². The Morgan fingerprint density at radius 1 is 1.07 bits per heavy atom. The summed E-state index contributed by atoms with van der Waals surface area (Å²) in [6.45, 7) is 1.48. The fraction of sp³-hybridized carbons (Fsp3) is 0.143. The van der Waals surface area contributed by atoms with Crippen LogP contribution in [0.15, 0.2) is 53.1 Å². The topological polar surface area (TPSA) is 116 Å². The van der Waals surface area contributed by atoms with Gasteiger partial charge in [0.15, 0.2) is 0 Å². The lowest BCUT2D eigenvalue weighted by Gasteiger charge is -2.10. The molecule has 0 saturated carbocycles. The molecule has 1 amide bonds. The summed E-state index contributed by atoms with van der Waals surface area (Å²) in [6, 6.07) is 15.2. The van der Waals surface area contributed by atoms with Crippen LogP contribution in [-0.2, 0) is 24.5 Å². The number of benzene rings is 2. The first-order valence-corrected chi connectivity index (χ1v) is 9.14. The Labute approximate surface area is 165 Å². The summed E-state index contributed by atoms with van der Waals surface area (Å²) >= 11 is 0. The van der Waals surface area contributed by atoms with E-state index in [9.17, 15) is 4.79 Å². The van der Waals surface area contributed by atoms with Crippen molar-refractivity contribution in [3.63, 3.8) is 0 Å². The van der Waals surface area contributed by atoms with E-state index in [0.29, 0.717) is 53.6 Å². The van der Waals surface area contributed by atoms with Gasteiger partial charge in [-0.25, -0.2) is 9.97 Å². The molecule has 8 nitrogen and oxygen atoms in total. The number of hydrogen-bond donors (Lipinski definition) is 2. The maximum Gasteiger partial charge on any atom is 0.251 e. The summed E-state index contributed by atoms with van der Waals surface area (Å²) < 4.78 is 11.1. The molecule has 0 aliphatic carbocycles. The molecule has 8 heteroatoms. The number of aromatic nitrogens is 3. The van der Waals surface area contributed by atoms with Crippen LogP contribution in [0.5, 0.6) is 0 Å². The zero-order chi connectivity index (χ0) is 19.8. The molecule has 0 bridgehead atoms. The summed E-state index contributed by atoms with van der Waals surface area (Å²) in [6.07, 6.45) is 0. The highest BCUT2D eigenvalue weighted by Gasteiger charge is 2.24. The fourth-order valence-electron chi connectivity index (χ4n) is 3.41. The largest absolute Gasteiger partial charge is 0.370 e. The molecule has 1 aliphatic heterocycles. The molecular weight excluding hydrogens is 370 g/mol. The Kier molecular flexibility index (Phi) is 4.18. The van der Waals surface area contributed by atoms with Crippen molar-refractivity contribution >= 4 is 22.6 Å². The Hall–Kier alpha value is -3.78. The molecule has 0 radical (unpaired) electrons. The van der Waals surface area contributed by atoms with Crippen LogP contribution in [0.4, 0.5) is 5.82 Å². The molecule has 5 rings (SSSR count). The molecule has 0 fully saturated rings. The van der Waals surface area contributed by atoms with Crippen molar-refractivity contribution in [2.24, 2.45) is 5.73 Å². The number of amides is 1. The molecule has 2 aromatic carbocycles. The van der Waals surface area contributed by atoms with Gasteiger partial charge in [-0.3, -0.25) is 4.79 Å². The minimum absolute atomic E-state index is 0.296. The number of anilines is 1. The molecule has 3 N–H and O–H groups in total. The first-order valence-electron chi connectivity index (χ1n) is 9.14. The molecule has 0 saturated heterocycles. The number of hydrogen-bond acceptors (Lipinski definition) is 7. The van der Waals surface area contributed by atoms with E-state index in [1.54, 1.807) is 18.2 Å². The Bertz CT molecular complexity index is 1220. The number of fused-ring (bicyclic) bond motifs is 2. The predicted molar refractivity (Wildman–Crippen MR) is 106 cm³/mol. The number of nitrogens with one attached hydrogen (secondary N) is 1. The van der Waals surface area contributed by atoms with E-state index in [2.05, 4.69) is 20.4 Å². The summed E-state index contributed by atoms with van der Waals surface area (Å²) in [5.74, 6) is 0.903. The van der Waals surface area contributed by atoms with Gasteiger partial charge < -0.3 is 20.3 Å². The Balaban J connectivity index is 1.57. The minimum atomic E-state index is -0.566. The zero-order valence-corrected chi connectivity index (χ0v) is 15.4. The van der Waals surface area contributed by atoms with E-state index in [-0.39, 0.29) is 0 Å². The van der Waals surface area contributed by atoms with E-state index in [4.69, 9.17) is 15.0 Å². The first kappa shape index (κ1) is 17.3. The normalized spacial score (nSPS) is 12.8. The summed E-state index contributed by atoms with van der Waals surface area (Å²) in [5.41, 5.74) is 9.01. The van der Waals surface area contributed by atoms with Crippen LogP contribution in [0.25, 0.3) is 22.5 Å². The SMILES string of the molecule is NC(=O)c1cccc2c(-c3nc4c(c(NCc5ccccc5)n3)COC4)onc12. The maximum atomic E-state index is 11.7. The zero-order valence-electron chi connectivity index (χ0n) is 15.4. The highest BCUT2D eigenvalue weighted by molar-refractivity contribution is 6.07. The quantitative estimate of drug-likeness (QED) is 0.541. The second-order valence-electron chi connectivity index (χ2n) is 6.73. The lowest BCUT2D eigenvalue weighted by atomic mass is 10.1. The summed E-state index contributed by atoms with van der Waals surface area (Å²) in [7, 11) is 0. The molecule has 1 aliphatic rings. The van der Waals surface area contributed by atoms with Gasteiger partial charge in [0.25, 0.3) is 5.91 Å². The molecular formula is C21H17N5O3. The van der Waals surface area contributed by atoms with Crippen molar-refractivity contribution in [1.29, 1.82) is 0 Å². The van der Waals surface area contributed by atoms with Gasteiger partial charge in [-0.15, -0.1) is 0 Å². The van der Waals surface area contributed by atoms with E-state index < -0.39 is 5.91 Å². The number of rotatable bonds is 5. The van der Waals surface area contributed by atoms with Gasteiger partial charge in [0.1, 0.15) is 11.3 Å². The van der Waals surface area contributed by atoms with Crippen LogP contribution in [-0.4, -0.2) is 21.0 Å². The summed E-state index contributed by atoms with van der Waals surface area (Å²) in [4.78, 5) is 21.0. The average molecular weight is 387 g/mol. The predicted octanol–water partition coefficient (Wildman–Crippen LogP) is 3.03. The van der Waals surface area contributed by atoms with E-state index >= 15 is 0 Å². The first-order chi connectivity index (χ1) is 14.2. The van der Waals surface area contributed by atoms with Crippen molar-refractivity contribution in [1.82, 2.24) is 15.1 Å². The number of primary amides is 1. The highest BCUT2D eigenvalue weighted by atomic mass is 16.5. The molecule has 0 spiro atoms. The third-order valence-electron chi connectivity index (χ3n) is 4.86. The molecule has 0 atom stereocenters. The van der Waals surface area contributed by atoms with Crippen LogP contribution in [0.3, 0.4) is 0 Å². The van der Waals surface area contributed by atoms with Crippen LogP contribution in [0.2, 0.25) is 0 Å². The fourth-order valence-corrected chi connectivity index (χ4v) is 3.41. The van der Waals surface area contributed by atoms with E-state index in [0.717, 1.165) is 16.8 Å². The van der Waals surface area contributed by atoms with Crippen LogP contribution in [0, 0.1) is 0 Å². The number of carbonyl (C=O) groups is 1. The second-order valence-corrected chi connectivity index (χ2v) is 6.73. The van der Waals surface area contributed by atoms with E-state index in [1.807, 2.05) is 30.3 Å². The van der Waals surface area contributed by atoms with E-state index in [1.165, 1.54) is 0 Å². The van der Waals surface area contributed by atoms with Crippen LogP contribution >= 0.6 is 0 Å². The maximum absolute atomic E-state index is 11.7. The van der Waals surface area contributed by atoms with Crippen molar-refractivity contribution in [2.45, 2.75) is 19.8 Å². The van der Waals surface area contributed by atoms with Gasteiger partial charge in [0.05, 0.1) is 29.9 Å². The van der Waals surface area contributed by atoms with Gasteiger partial charge in [-0.1, -0.05) is 41.6 Å². The lowest BCUT2D eigenvalue weighted by molar-refractivity contribution is 0.100. The molecule has 29 heavy (non-hydrogen) atoms. The number of ether oxygens (including phenoxy) is 1. The van der Waals surface area contributed by atoms with Crippen molar-refractivity contribution < 1.29 is 14.1 Å². The van der Waals surface area contributed by atoms with Gasteiger partial charge in [0.2, 0.25) is 11.6 Å². The van der Waals surface area contributed by atoms with Gasteiger partial charge in [-0.2, -0.15) is 0 Å². The van der Waals surface area contributed by atoms with Crippen LogP contribution < -0.4 is 11.1 Å². The van der Waals surface area contributed by atoms with Crippen molar-refractivity contribution in [2.75, 3.05) is 5.32 Å². The third-order valence-corrected chi connectivity index (χ3v) is 4.86. The molecule has 144 valence electrons. The molecule has 3 heterocycles. The molecule has 0 unspecified atom stereocenters.